The Labute approximate surface area is 75.4 Å². The Morgan fingerprint density at radius 2 is 1.92 bits per heavy atom. The van der Waals surface area contributed by atoms with Gasteiger partial charge in [0.1, 0.15) is 0 Å². The molecule has 3 rings (SSSR count). The maximum absolute atomic E-state index is 11.7. The number of carbonyl (C=O) groups excluding carboxylic acids is 1. The molecule has 0 atom stereocenters. The second-order valence-electron chi connectivity index (χ2n) is 3.21. The summed E-state index contributed by atoms with van der Waals surface area (Å²) in [6.07, 6.45) is 0. The molecule has 0 fully saturated rings. The Balaban J connectivity index is 2.28. The van der Waals surface area contributed by atoms with Crippen molar-refractivity contribution in [1.29, 1.82) is 0 Å². The summed E-state index contributed by atoms with van der Waals surface area (Å²) < 4.78 is 0. The van der Waals surface area contributed by atoms with Crippen LogP contribution in [0.25, 0.3) is 5.70 Å². The quantitative estimate of drug-likeness (QED) is 0.605. The molecule has 1 aliphatic heterocycles. The van der Waals surface area contributed by atoms with Crippen LogP contribution in [-0.4, -0.2) is 12.3 Å². The molecule has 64 valence electrons. The Kier molecular flexibility index (Phi) is 1.16. The summed E-state index contributed by atoms with van der Waals surface area (Å²) in [5.41, 5.74) is 9.63. The number of ketones is 1. The van der Waals surface area contributed by atoms with Gasteiger partial charge in [-0.3, -0.25) is 4.79 Å². The summed E-state index contributed by atoms with van der Waals surface area (Å²) in [7, 11) is 0. The lowest BCUT2D eigenvalue weighted by Gasteiger charge is -2.04. The number of fused-ring (bicyclic) bond motifs is 2. The first-order valence-corrected chi connectivity index (χ1v) is 4.24. The van der Waals surface area contributed by atoms with Crippen LogP contribution < -0.4 is 10.9 Å². The number of carbonyl (C=O) groups is 1. The van der Waals surface area contributed by atoms with Crippen LogP contribution in [-0.2, 0) is 0 Å². The molecule has 2 N–H and O–H groups in total. The molecule has 0 radical (unpaired) electrons. The van der Waals surface area contributed by atoms with E-state index in [1.165, 1.54) is 0 Å². The molecular weight excluding hydrogens is 164 g/mol. The summed E-state index contributed by atoms with van der Waals surface area (Å²) in [4.78, 5) is 11.7. The second-order valence-corrected chi connectivity index (χ2v) is 3.21. The fourth-order valence-electron chi connectivity index (χ4n) is 1.87. The van der Waals surface area contributed by atoms with Gasteiger partial charge in [0, 0.05) is 23.2 Å². The van der Waals surface area contributed by atoms with Gasteiger partial charge < -0.3 is 5.43 Å². The van der Waals surface area contributed by atoms with Crippen LogP contribution in [0, 0.1) is 0 Å². The molecule has 1 heterocycles. The van der Waals surface area contributed by atoms with Gasteiger partial charge in [-0.15, -0.1) is 0 Å². The lowest BCUT2D eigenvalue weighted by Crippen LogP contribution is -2.25. The maximum atomic E-state index is 11.7. The van der Waals surface area contributed by atoms with Gasteiger partial charge in [0.05, 0.1) is 5.70 Å². The highest BCUT2D eigenvalue weighted by atomic mass is 16.1. The van der Waals surface area contributed by atoms with Crippen LogP contribution in [0.5, 0.6) is 0 Å². The molecule has 13 heavy (non-hydrogen) atoms. The normalized spacial score (nSPS) is 18.6. The van der Waals surface area contributed by atoms with Gasteiger partial charge in [-0.05, 0) is 0 Å². The third-order valence-electron chi connectivity index (χ3n) is 2.50. The minimum absolute atomic E-state index is 0.156. The predicted octanol–water partition coefficient (Wildman–Crippen LogP) is 0.702. The first-order valence-electron chi connectivity index (χ1n) is 4.24. The van der Waals surface area contributed by atoms with Crippen LogP contribution >= 0.6 is 0 Å². The molecule has 0 saturated heterocycles. The van der Waals surface area contributed by atoms with E-state index in [1.54, 1.807) is 0 Å². The molecule has 0 amide bonds. The fourth-order valence-corrected chi connectivity index (χ4v) is 1.87. The van der Waals surface area contributed by atoms with E-state index in [4.69, 9.17) is 0 Å². The van der Waals surface area contributed by atoms with E-state index in [9.17, 15) is 4.79 Å². The van der Waals surface area contributed by atoms with Crippen LogP contribution in [0.2, 0.25) is 0 Å². The smallest absolute Gasteiger partial charge is 0.193 e. The Bertz CT molecular complexity index is 434. The summed E-state index contributed by atoms with van der Waals surface area (Å²) in [6.45, 7) is 0.628. The summed E-state index contributed by atoms with van der Waals surface area (Å²) in [5, 5.41) is 0. The monoisotopic (exact) mass is 172 g/mol. The van der Waals surface area contributed by atoms with E-state index in [-0.39, 0.29) is 5.78 Å². The van der Waals surface area contributed by atoms with Crippen LogP contribution in [0.4, 0.5) is 0 Å². The van der Waals surface area contributed by atoms with Gasteiger partial charge >= 0.3 is 0 Å². The fraction of sp³-hybridized carbons (Fsp3) is 0.100. The van der Waals surface area contributed by atoms with E-state index in [1.807, 2.05) is 24.3 Å². The number of hydrogen-bond acceptors (Lipinski definition) is 3. The molecule has 0 spiro atoms. The molecule has 0 aromatic heterocycles. The molecule has 2 aliphatic rings. The third-order valence-corrected chi connectivity index (χ3v) is 2.50. The average Bonchev–Trinajstić information content (AvgIpc) is 2.72. The molecule has 1 aliphatic carbocycles. The Hall–Kier alpha value is -1.61. The van der Waals surface area contributed by atoms with Gasteiger partial charge in [-0.1, -0.05) is 24.3 Å². The van der Waals surface area contributed by atoms with Crippen molar-refractivity contribution in [2.45, 2.75) is 0 Å². The number of hydrogen-bond donors (Lipinski definition) is 2. The highest BCUT2D eigenvalue weighted by Crippen LogP contribution is 2.31. The molecule has 1 aromatic carbocycles. The van der Waals surface area contributed by atoms with Crippen molar-refractivity contribution in [2.24, 2.45) is 0 Å². The van der Waals surface area contributed by atoms with Crippen LogP contribution in [0.3, 0.4) is 0 Å². The van der Waals surface area contributed by atoms with Gasteiger partial charge in [0.25, 0.3) is 0 Å². The molecule has 3 heteroatoms. The molecule has 0 saturated carbocycles. The maximum Gasteiger partial charge on any atom is 0.193 e. The Morgan fingerprint density at radius 3 is 2.77 bits per heavy atom. The zero-order chi connectivity index (χ0) is 8.84. The summed E-state index contributed by atoms with van der Waals surface area (Å²) in [6, 6.07) is 7.68. The zero-order valence-corrected chi connectivity index (χ0v) is 6.92. The molecule has 1 aromatic rings. The minimum Gasteiger partial charge on any atom is -0.320 e. The van der Waals surface area contributed by atoms with Gasteiger partial charge in [-0.25, -0.2) is 5.43 Å². The van der Waals surface area contributed by atoms with E-state index in [2.05, 4.69) is 10.9 Å². The van der Waals surface area contributed by atoms with E-state index in [0.29, 0.717) is 6.54 Å². The minimum atomic E-state index is 0.156. The standard InChI is InChI=1S/C10H8N2O/c13-10-7-4-2-1-3-6(7)9-8(10)5-11-12-9/h1-4,11-12H,5H2. The molecule has 3 nitrogen and oxygen atoms in total. The van der Waals surface area contributed by atoms with Crippen molar-refractivity contribution in [2.75, 3.05) is 6.54 Å². The number of Topliss-reactive ketones (excluding diaryl/α,β-unsaturated/α-hetero) is 1. The lowest BCUT2D eigenvalue weighted by atomic mass is 10.1. The lowest BCUT2D eigenvalue weighted by molar-refractivity contribution is 0.103. The van der Waals surface area contributed by atoms with E-state index >= 15 is 0 Å². The van der Waals surface area contributed by atoms with Gasteiger partial charge in [0.2, 0.25) is 0 Å². The van der Waals surface area contributed by atoms with E-state index < -0.39 is 0 Å². The largest absolute Gasteiger partial charge is 0.320 e. The predicted molar refractivity (Wildman–Crippen MR) is 48.8 cm³/mol. The third kappa shape index (κ3) is 0.742. The average molecular weight is 172 g/mol. The van der Waals surface area contributed by atoms with Crippen molar-refractivity contribution in [3.8, 4) is 0 Å². The topological polar surface area (TPSA) is 41.1 Å². The van der Waals surface area contributed by atoms with Crippen molar-refractivity contribution < 1.29 is 4.79 Å². The number of benzene rings is 1. The molecular formula is C10H8N2O. The number of hydrazine groups is 1. The first-order chi connectivity index (χ1) is 6.38. The van der Waals surface area contributed by atoms with Crippen molar-refractivity contribution >= 4 is 11.5 Å². The van der Waals surface area contributed by atoms with Crippen molar-refractivity contribution in [1.82, 2.24) is 10.9 Å². The molecule has 0 unspecified atom stereocenters. The first kappa shape index (κ1) is 6.86. The van der Waals surface area contributed by atoms with Gasteiger partial charge in [-0.2, -0.15) is 0 Å². The van der Waals surface area contributed by atoms with E-state index in [0.717, 1.165) is 22.4 Å². The molecule has 0 bridgehead atoms. The highest BCUT2D eigenvalue weighted by Gasteiger charge is 2.31. The van der Waals surface area contributed by atoms with Crippen LogP contribution in [0.15, 0.2) is 29.8 Å². The summed E-state index contributed by atoms with van der Waals surface area (Å²) in [5.74, 6) is 0.156. The van der Waals surface area contributed by atoms with Crippen molar-refractivity contribution in [3.63, 3.8) is 0 Å². The van der Waals surface area contributed by atoms with Crippen molar-refractivity contribution in [3.05, 3.63) is 41.0 Å². The number of rotatable bonds is 0. The number of nitrogens with one attached hydrogen (secondary N) is 2. The Morgan fingerprint density at radius 1 is 1.15 bits per heavy atom. The zero-order valence-electron chi connectivity index (χ0n) is 6.92. The van der Waals surface area contributed by atoms with Crippen LogP contribution in [0.1, 0.15) is 15.9 Å². The highest BCUT2D eigenvalue weighted by molar-refractivity contribution is 6.21. The SMILES string of the molecule is O=C1C2=C(NNC2)c2ccccc21. The van der Waals surface area contributed by atoms with Gasteiger partial charge in [0.15, 0.2) is 5.78 Å². The summed E-state index contributed by atoms with van der Waals surface area (Å²) >= 11 is 0. The second kappa shape index (κ2) is 2.20.